The Labute approximate surface area is 121 Å². The minimum Gasteiger partial charge on any atom is -0.391 e. The van der Waals surface area contributed by atoms with Crippen LogP contribution in [0.1, 0.15) is 26.7 Å². The van der Waals surface area contributed by atoms with Gasteiger partial charge in [-0.25, -0.2) is 0 Å². The van der Waals surface area contributed by atoms with Crippen molar-refractivity contribution in [2.24, 2.45) is 11.3 Å². The first-order chi connectivity index (χ1) is 9.50. The summed E-state index contributed by atoms with van der Waals surface area (Å²) in [5, 5.41) is 17.9. The highest BCUT2D eigenvalue weighted by Gasteiger charge is 2.33. The summed E-state index contributed by atoms with van der Waals surface area (Å²) >= 11 is 0. The van der Waals surface area contributed by atoms with Gasteiger partial charge in [-0.15, -0.1) is 0 Å². The average molecular weight is 281 g/mol. The molecule has 1 aromatic heterocycles. The van der Waals surface area contributed by atoms with E-state index in [1.54, 1.807) is 13.3 Å². The van der Waals surface area contributed by atoms with Crippen molar-refractivity contribution < 1.29 is 9.84 Å². The van der Waals surface area contributed by atoms with Gasteiger partial charge in [0.1, 0.15) is 0 Å². The minimum absolute atomic E-state index is 0.0918. The summed E-state index contributed by atoms with van der Waals surface area (Å²) < 4.78 is 7.18. The van der Waals surface area contributed by atoms with Crippen LogP contribution < -0.4 is 5.32 Å². The normalized spacial score (nSPS) is 27.1. The lowest BCUT2D eigenvalue weighted by atomic mass is 9.94. The summed E-state index contributed by atoms with van der Waals surface area (Å²) in [6.45, 7) is 6.82. The van der Waals surface area contributed by atoms with E-state index in [1.807, 2.05) is 16.9 Å². The first kappa shape index (κ1) is 15.5. The maximum absolute atomic E-state index is 10.2. The SMILES string of the molecule is COCC(C)(C)CN[C@@H]1CC(Cn2cccn2)C[C@H]1O. The van der Waals surface area contributed by atoms with Gasteiger partial charge in [-0.2, -0.15) is 5.10 Å². The highest BCUT2D eigenvalue weighted by molar-refractivity contribution is 4.90. The van der Waals surface area contributed by atoms with Crippen LogP contribution in [0.2, 0.25) is 0 Å². The lowest BCUT2D eigenvalue weighted by Crippen LogP contribution is -2.42. The molecule has 1 aliphatic carbocycles. The number of aliphatic hydroxyl groups is 1. The van der Waals surface area contributed by atoms with Crippen molar-refractivity contribution in [2.75, 3.05) is 20.3 Å². The number of methoxy groups -OCH3 is 1. The van der Waals surface area contributed by atoms with Gasteiger partial charge >= 0.3 is 0 Å². The molecule has 114 valence electrons. The summed E-state index contributed by atoms with van der Waals surface area (Å²) in [5.41, 5.74) is 0.0918. The number of hydrogen-bond donors (Lipinski definition) is 2. The Bertz CT molecular complexity index is 392. The predicted molar refractivity (Wildman–Crippen MR) is 78.4 cm³/mol. The van der Waals surface area contributed by atoms with Gasteiger partial charge in [0.05, 0.1) is 12.7 Å². The van der Waals surface area contributed by atoms with Gasteiger partial charge in [-0.05, 0) is 24.8 Å². The van der Waals surface area contributed by atoms with Crippen molar-refractivity contribution in [3.63, 3.8) is 0 Å². The molecule has 1 aromatic rings. The smallest absolute Gasteiger partial charge is 0.0696 e. The summed E-state index contributed by atoms with van der Waals surface area (Å²) in [4.78, 5) is 0. The molecule has 3 atom stereocenters. The molecule has 20 heavy (non-hydrogen) atoms. The number of nitrogens with zero attached hydrogens (tertiary/aromatic N) is 2. The fourth-order valence-electron chi connectivity index (χ4n) is 3.01. The molecule has 1 heterocycles. The van der Waals surface area contributed by atoms with Crippen LogP contribution in [-0.4, -0.2) is 47.3 Å². The molecule has 2 N–H and O–H groups in total. The zero-order chi connectivity index (χ0) is 14.6. The van der Waals surface area contributed by atoms with Crippen LogP contribution in [0, 0.1) is 11.3 Å². The summed E-state index contributed by atoms with van der Waals surface area (Å²) in [6.07, 6.45) is 5.38. The van der Waals surface area contributed by atoms with Crippen molar-refractivity contribution in [3.05, 3.63) is 18.5 Å². The molecule has 0 bridgehead atoms. The Hall–Kier alpha value is -0.910. The van der Waals surface area contributed by atoms with Crippen molar-refractivity contribution in [1.29, 1.82) is 0 Å². The van der Waals surface area contributed by atoms with E-state index in [9.17, 15) is 5.11 Å². The van der Waals surface area contributed by atoms with Gasteiger partial charge in [0, 0.05) is 44.0 Å². The Morgan fingerprint density at radius 2 is 2.25 bits per heavy atom. The quantitative estimate of drug-likeness (QED) is 0.790. The molecule has 5 heteroatoms. The Balaban J connectivity index is 1.79. The van der Waals surface area contributed by atoms with Crippen LogP contribution >= 0.6 is 0 Å². The van der Waals surface area contributed by atoms with E-state index in [2.05, 4.69) is 24.3 Å². The van der Waals surface area contributed by atoms with Crippen molar-refractivity contribution in [1.82, 2.24) is 15.1 Å². The van der Waals surface area contributed by atoms with E-state index in [0.29, 0.717) is 5.92 Å². The van der Waals surface area contributed by atoms with E-state index in [1.165, 1.54) is 0 Å². The number of hydrogen-bond acceptors (Lipinski definition) is 4. The molecule has 0 aromatic carbocycles. The Kier molecular flexibility index (Phi) is 5.18. The molecular weight excluding hydrogens is 254 g/mol. The molecule has 2 rings (SSSR count). The lowest BCUT2D eigenvalue weighted by molar-refractivity contribution is 0.0911. The summed E-state index contributed by atoms with van der Waals surface area (Å²) in [6, 6.07) is 2.13. The molecule has 1 unspecified atom stereocenters. The molecular formula is C15H27N3O2. The monoisotopic (exact) mass is 281 g/mol. The lowest BCUT2D eigenvalue weighted by Gasteiger charge is -2.27. The fraction of sp³-hybridized carbons (Fsp3) is 0.800. The van der Waals surface area contributed by atoms with Crippen LogP contribution in [0.15, 0.2) is 18.5 Å². The number of aromatic nitrogens is 2. The van der Waals surface area contributed by atoms with Crippen LogP contribution in [0.25, 0.3) is 0 Å². The third-order valence-electron chi connectivity index (χ3n) is 4.01. The molecule has 5 nitrogen and oxygen atoms in total. The topological polar surface area (TPSA) is 59.3 Å². The second-order valence-corrected chi connectivity index (χ2v) is 6.72. The van der Waals surface area contributed by atoms with Gasteiger partial charge in [0.25, 0.3) is 0 Å². The molecule has 0 saturated heterocycles. The highest BCUT2D eigenvalue weighted by atomic mass is 16.5. The number of rotatable bonds is 7. The predicted octanol–water partition coefficient (Wildman–Crippen LogP) is 1.28. The van der Waals surface area contributed by atoms with Crippen molar-refractivity contribution in [2.45, 2.75) is 45.4 Å². The molecule has 1 saturated carbocycles. The van der Waals surface area contributed by atoms with E-state index >= 15 is 0 Å². The second kappa shape index (κ2) is 6.70. The number of ether oxygens (including phenoxy) is 1. The number of nitrogens with one attached hydrogen (secondary N) is 1. The van der Waals surface area contributed by atoms with E-state index in [0.717, 1.165) is 32.5 Å². The minimum atomic E-state index is -0.256. The van der Waals surface area contributed by atoms with E-state index < -0.39 is 0 Å². The van der Waals surface area contributed by atoms with Crippen LogP contribution in [0.5, 0.6) is 0 Å². The summed E-state index contributed by atoms with van der Waals surface area (Å²) in [5.74, 6) is 0.493. The molecule has 1 fully saturated rings. The number of aliphatic hydroxyl groups excluding tert-OH is 1. The zero-order valence-corrected chi connectivity index (χ0v) is 12.7. The Morgan fingerprint density at radius 1 is 1.45 bits per heavy atom. The maximum Gasteiger partial charge on any atom is 0.0696 e. The molecule has 0 spiro atoms. The van der Waals surface area contributed by atoms with Crippen LogP contribution in [0.4, 0.5) is 0 Å². The summed E-state index contributed by atoms with van der Waals surface area (Å²) in [7, 11) is 1.73. The standard InChI is InChI=1S/C15H27N3O2/c1-15(2,11-20-3)10-16-13-7-12(8-14(13)19)9-18-6-4-5-17-18/h4-6,12-14,16,19H,7-11H2,1-3H3/t12?,13-,14-/m1/s1. The second-order valence-electron chi connectivity index (χ2n) is 6.72. The third kappa shape index (κ3) is 4.30. The molecule has 0 aliphatic heterocycles. The molecule has 0 amide bonds. The van der Waals surface area contributed by atoms with Gasteiger partial charge in [-0.3, -0.25) is 4.68 Å². The van der Waals surface area contributed by atoms with Gasteiger partial charge < -0.3 is 15.2 Å². The first-order valence-corrected chi connectivity index (χ1v) is 7.38. The van der Waals surface area contributed by atoms with Crippen molar-refractivity contribution in [3.8, 4) is 0 Å². The van der Waals surface area contributed by atoms with Crippen LogP contribution in [-0.2, 0) is 11.3 Å². The van der Waals surface area contributed by atoms with E-state index in [4.69, 9.17) is 4.74 Å². The maximum atomic E-state index is 10.2. The molecule has 0 radical (unpaired) electrons. The largest absolute Gasteiger partial charge is 0.391 e. The first-order valence-electron chi connectivity index (χ1n) is 7.38. The van der Waals surface area contributed by atoms with E-state index in [-0.39, 0.29) is 17.6 Å². The third-order valence-corrected chi connectivity index (χ3v) is 4.01. The van der Waals surface area contributed by atoms with Crippen LogP contribution in [0.3, 0.4) is 0 Å². The zero-order valence-electron chi connectivity index (χ0n) is 12.7. The Morgan fingerprint density at radius 3 is 2.90 bits per heavy atom. The van der Waals surface area contributed by atoms with Gasteiger partial charge in [0.2, 0.25) is 0 Å². The molecule has 1 aliphatic rings. The average Bonchev–Trinajstić information content (AvgIpc) is 2.97. The fourth-order valence-corrected chi connectivity index (χ4v) is 3.01. The van der Waals surface area contributed by atoms with Crippen molar-refractivity contribution >= 4 is 0 Å². The van der Waals surface area contributed by atoms with Gasteiger partial charge in [0.15, 0.2) is 0 Å². The van der Waals surface area contributed by atoms with Gasteiger partial charge in [-0.1, -0.05) is 13.8 Å². The highest BCUT2D eigenvalue weighted by Crippen LogP contribution is 2.28.